The third-order valence-electron chi connectivity index (χ3n) is 3.96. The summed E-state index contributed by atoms with van der Waals surface area (Å²) in [7, 11) is -1.55. The lowest BCUT2D eigenvalue weighted by Gasteiger charge is -2.32. The van der Waals surface area contributed by atoms with Gasteiger partial charge in [-0.05, 0) is 26.2 Å². The highest BCUT2D eigenvalue weighted by Gasteiger charge is 2.31. The molecule has 0 radical (unpaired) electrons. The van der Waals surface area contributed by atoms with E-state index < -0.39 is 14.9 Å². The summed E-state index contributed by atoms with van der Waals surface area (Å²) in [5, 5.41) is 15.4. The second-order valence-electron chi connectivity index (χ2n) is 5.84. The number of anilines is 1. The van der Waals surface area contributed by atoms with Gasteiger partial charge in [-0.15, -0.1) is 0 Å². The average Bonchev–Trinajstić information content (AvgIpc) is 2.74. The molecule has 9 nitrogen and oxygen atoms in total. The smallest absolute Gasteiger partial charge is 0.333 e. The number of aryl methyl sites for hydroxylation is 2. The van der Waals surface area contributed by atoms with Gasteiger partial charge in [-0.2, -0.15) is 5.10 Å². The maximum Gasteiger partial charge on any atom is 0.333 e. The van der Waals surface area contributed by atoms with Crippen molar-refractivity contribution in [2.75, 3.05) is 23.7 Å². The van der Waals surface area contributed by atoms with E-state index >= 15 is 0 Å². The summed E-state index contributed by atoms with van der Waals surface area (Å²) in [5.41, 5.74) is 0.413. The summed E-state index contributed by atoms with van der Waals surface area (Å²) >= 11 is 0. The first-order valence-electron chi connectivity index (χ1n) is 7.68. The third-order valence-corrected chi connectivity index (χ3v) is 5.60. The topological polar surface area (TPSA) is 110 Å². The third kappa shape index (κ3) is 3.99. The van der Waals surface area contributed by atoms with Crippen molar-refractivity contribution in [3.05, 3.63) is 15.8 Å². The fourth-order valence-corrected chi connectivity index (χ4v) is 4.39. The normalized spacial score (nSPS) is 16.7. The molecule has 0 aromatic carbocycles. The molecule has 0 amide bonds. The Labute approximate surface area is 135 Å². The Bertz CT molecular complexity index is 677. The molecule has 130 valence electrons. The van der Waals surface area contributed by atoms with E-state index in [1.54, 1.807) is 14.0 Å². The van der Waals surface area contributed by atoms with Gasteiger partial charge in [-0.25, -0.2) is 17.8 Å². The molecule has 1 aromatic rings. The van der Waals surface area contributed by atoms with Gasteiger partial charge in [0.25, 0.3) is 0 Å². The van der Waals surface area contributed by atoms with Gasteiger partial charge in [-0.3, -0.25) is 10.1 Å². The van der Waals surface area contributed by atoms with E-state index in [-0.39, 0.29) is 17.5 Å². The largest absolute Gasteiger partial charge is 0.351 e. The van der Waals surface area contributed by atoms with Crippen LogP contribution in [0.2, 0.25) is 0 Å². The Balaban J connectivity index is 2.07. The fourth-order valence-electron chi connectivity index (χ4n) is 2.99. The second kappa shape index (κ2) is 6.83. The number of nitrogens with one attached hydrogen (secondary N) is 1. The summed E-state index contributed by atoms with van der Waals surface area (Å²) in [6, 6.07) is -0.115. The van der Waals surface area contributed by atoms with Crippen molar-refractivity contribution in [1.82, 2.24) is 14.5 Å². The highest BCUT2D eigenvalue weighted by Crippen LogP contribution is 2.32. The molecular weight excluding hydrogens is 322 g/mol. The number of aromatic nitrogens is 2. The fraction of sp³-hybridized carbons (Fsp3) is 0.769. The average molecular weight is 345 g/mol. The van der Waals surface area contributed by atoms with E-state index in [1.165, 1.54) is 4.68 Å². The van der Waals surface area contributed by atoms with Crippen molar-refractivity contribution in [2.45, 2.75) is 39.2 Å². The van der Waals surface area contributed by atoms with Crippen LogP contribution < -0.4 is 9.62 Å². The zero-order valence-corrected chi connectivity index (χ0v) is 14.5. The first-order valence-corrected chi connectivity index (χ1v) is 9.33. The van der Waals surface area contributed by atoms with Crippen LogP contribution in [0.3, 0.4) is 0 Å². The highest BCUT2D eigenvalue weighted by molar-refractivity contribution is 7.89. The van der Waals surface area contributed by atoms with Crippen LogP contribution in [0, 0.1) is 17.0 Å². The van der Waals surface area contributed by atoms with Crippen LogP contribution >= 0.6 is 0 Å². The lowest BCUT2D eigenvalue weighted by Crippen LogP contribution is -2.45. The molecule has 0 aliphatic carbocycles. The van der Waals surface area contributed by atoms with E-state index in [0.717, 1.165) is 0 Å². The van der Waals surface area contributed by atoms with Crippen molar-refractivity contribution in [2.24, 2.45) is 7.05 Å². The number of nitrogens with zero attached hydrogens (tertiary/aromatic N) is 4. The Morgan fingerprint density at radius 2 is 2.00 bits per heavy atom. The molecule has 0 atom stereocenters. The Morgan fingerprint density at radius 1 is 1.39 bits per heavy atom. The molecule has 1 N–H and O–H groups in total. The molecule has 1 aliphatic rings. The van der Waals surface area contributed by atoms with E-state index in [0.29, 0.717) is 43.9 Å². The molecule has 1 aliphatic heterocycles. The standard InChI is InChI=1S/C13H23N5O4S/c1-4-9-23(21,22)15-11-5-7-17(8-6-11)13-12(18(19)20)10(2)14-16(13)3/h11,15H,4-9H2,1-3H3. The lowest BCUT2D eigenvalue weighted by atomic mass is 10.1. The van der Waals surface area contributed by atoms with Gasteiger partial charge in [0.1, 0.15) is 5.69 Å². The van der Waals surface area contributed by atoms with Crippen molar-refractivity contribution in [3.63, 3.8) is 0 Å². The molecule has 0 unspecified atom stereocenters. The van der Waals surface area contributed by atoms with Crippen LogP contribution in [0.25, 0.3) is 0 Å². The Kier molecular flexibility index (Phi) is 5.25. The van der Waals surface area contributed by atoms with Crippen LogP contribution in [-0.2, 0) is 17.1 Å². The minimum absolute atomic E-state index is 0.0255. The van der Waals surface area contributed by atoms with Crippen LogP contribution in [0.4, 0.5) is 11.5 Å². The second-order valence-corrected chi connectivity index (χ2v) is 7.71. The van der Waals surface area contributed by atoms with Crippen LogP contribution in [0.5, 0.6) is 0 Å². The van der Waals surface area contributed by atoms with Crippen molar-refractivity contribution >= 4 is 21.5 Å². The number of sulfonamides is 1. The van der Waals surface area contributed by atoms with Crippen LogP contribution in [-0.4, -0.2) is 48.0 Å². The number of piperidine rings is 1. The summed E-state index contributed by atoms with van der Waals surface area (Å²) in [6.45, 7) is 4.55. The molecule has 2 heterocycles. The quantitative estimate of drug-likeness (QED) is 0.607. The Hall–Kier alpha value is -1.68. The maximum absolute atomic E-state index is 11.8. The van der Waals surface area contributed by atoms with Gasteiger partial charge >= 0.3 is 5.69 Å². The molecule has 0 bridgehead atoms. The van der Waals surface area contributed by atoms with Gasteiger partial charge in [0.05, 0.1) is 10.7 Å². The molecule has 0 spiro atoms. The van der Waals surface area contributed by atoms with Crippen molar-refractivity contribution < 1.29 is 13.3 Å². The minimum Gasteiger partial charge on any atom is -0.351 e. The summed E-state index contributed by atoms with van der Waals surface area (Å²) in [5.74, 6) is 0.613. The molecule has 10 heteroatoms. The van der Waals surface area contributed by atoms with Crippen LogP contribution in [0.1, 0.15) is 31.9 Å². The van der Waals surface area contributed by atoms with Gasteiger partial charge in [0.15, 0.2) is 0 Å². The lowest BCUT2D eigenvalue weighted by molar-refractivity contribution is -0.384. The van der Waals surface area contributed by atoms with Crippen molar-refractivity contribution in [3.8, 4) is 0 Å². The monoisotopic (exact) mass is 345 g/mol. The van der Waals surface area contributed by atoms with Gasteiger partial charge in [-0.1, -0.05) is 6.92 Å². The molecule has 1 aromatic heterocycles. The number of rotatable bonds is 6. The molecule has 1 fully saturated rings. The minimum atomic E-state index is -3.23. The molecule has 0 saturated carbocycles. The van der Waals surface area contributed by atoms with Gasteiger partial charge in [0, 0.05) is 26.2 Å². The highest BCUT2D eigenvalue weighted by atomic mass is 32.2. The number of nitro groups is 1. The first-order chi connectivity index (χ1) is 10.7. The number of hydrogen-bond acceptors (Lipinski definition) is 6. The number of hydrogen-bond donors (Lipinski definition) is 1. The maximum atomic E-state index is 11.8. The van der Waals surface area contributed by atoms with Gasteiger partial charge < -0.3 is 4.90 Å². The van der Waals surface area contributed by atoms with E-state index in [2.05, 4.69) is 9.82 Å². The predicted octanol–water partition coefficient (Wildman–Crippen LogP) is 0.935. The van der Waals surface area contributed by atoms with E-state index in [4.69, 9.17) is 0 Å². The predicted molar refractivity (Wildman–Crippen MR) is 87.0 cm³/mol. The first kappa shape index (κ1) is 17.7. The molecule has 2 rings (SSSR count). The van der Waals surface area contributed by atoms with Gasteiger partial charge in [0.2, 0.25) is 15.8 Å². The summed E-state index contributed by atoms with van der Waals surface area (Å²) in [4.78, 5) is 12.8. The van der Waals surface area contributed by atoms with Crippen molar-refractivity contribution in [1.29, 1.82) is 0 Å². The zero-order valence-electron chi connectivity index (χ0n) is 13.7. The molecule has 1 saturated heterocycles. The zero-order chi connectivity index (χ0) is 17.2. The molecular formula is C13H23N5O4S. The molecule has 23 heavy (non-hydrogen) atoms. The van der Waals surface area contributed by atoms with E-state index in [1.807, 2.05) is 11.8 Å². The summed E-state index contributed by atoms with van der Waals surface area (Å²) in [6.07, 6.45) is 1.81. The van der Waals surface area contributed by atoms with Crippen LogP contribution in [0.15, 0.2) is 0 Å². The van der Waals surface area contributed by atoms with E-state index in [9.17, 15) is 18.5 Å². The Morgan fingerprint density at radius 3 is 2.52 bits per heavy atom. The SMILES string of the molecule is CCCS(=O)(=O)NC1CCN(c2c([N+](=O)[O-])c(C)nn2C)CC1. The summed E-state index contributed by atoms with van der Waals surface area (Å²) < 4.78 is 27.9.